The van der Waals surface area contributed by atoms with Crippen LogP contribution in [0.3, 0.4) is 0 Å². The first-order valence-electron chi connectivity index (χ1n) is 7.79. The molecule has 0 radical (unpaired) electrons. The quantitative estimate of drug-likeness (QED) is 0.792. The van der Waals surface area contributed by atoms with Crippen LogP contribution in [0.4, 0.5) is 0 Å². The summed E-state index contributed by atoms with van der Waals surface area (Å²) >= 11 is 3.30. The van der Waals surface area contributed by atoms with E-state index in [1.54, 1.807) is 18.2 Å². The molecule has 1 aliphatic carbocycles. The van der Waals surface area contributed by atoms with E-state index in [0.717, 1.165) is 31.6 Å². The van der Waals surface area contributed by atoms with Crippen molar-refractivity contribution in [3.63, 3.8) is 0 Å². The van der Waals surface area contributed by atoms with Gasteiger partial charge in [0.25, 0.3) is 5.91 Å². The molecule has 1 aromatic rings. The lowest BCUT2D eigenvalue weighted by molar-refractivity contribution is -0.125. The van der Waals surface area contributed by atoms with Gasteiger partial charge in [0.2, 0.25) is 0 Å². The summed E-state index contributed by atoms with van der Waals surface area (Å²) in [4.78, 5) is 24.0. The topological polar surface area (TPSA) is 64.6 Å². The Balaban J connectivity index is 1.83. The molecule has 1 saturated carbocycles. The highest BCUT2D eigenvalue weighted by Gasteiger charge is 2.21. The largest absolute Gasteiger partial charge is 0.497 e. The zero-order valence-corrected chi connectivity index (χ0v) is 15.0. The minimum absolute atomic E-state index is 0.195. The number of rotatable bonds is 5. The van der Waals surface area contributed by atoms with Gasteiger partial charge in [0, 0.05) is 10.5 Å². The van der Waals surface area contributed by atoms with Gasteiger partial charge in [-0.2, -0.15) is 0 Å². The monoisotopic (exact) mass is 383 g/mol. The third-order valence-corrected chi connectivity index (χ3v) is 4.80. The van der Waals surface area contributed by atoms with Gasteiger partial charge in [0.1, 0.15) is 5.75 Å². The lowest BCUT2D eigenvalue weighted by Crippen LogP contribution is -2.39. The first kappa shape index (κ1) is 17.8. The molecular formula is C17H22BrNO4. The Hall–Kier alpha value is -1.56. The van der Waals surface area contributed by atoms with Crippen LogP contribution in [0.1, 0.15) is 43.0 Å². The number of carbonyl (C=O) groups is 2. The SMILES string of the molecule is COc1ccc(Br)c(C(=O)OCC(=O)NC2CCC(C)CC2)c1. The Morgan fingerprint density at radius 1 is 1.26 bits per heavy atom. The lowest BCUT2D eigenvalue weighted by Gasteiger charge is -2.26. The van der Waals surface area contributed by atoms with Crippen LogP contribution in [0.2, 0.25) is 0 Å². The molecule has 1 N–H and O–H groups in total. The van der Waals surface area contributed by atoms with E-state index in [1.807, 2.05) is 0 Å². The van der Waals surface area contributed by atoms with Crippen molar-refractivity contribution < 1.29 is 19.1 Å². The number of halogens is 1. The summed E-state index contributed by atoms with van der Waals surface area (Å²) in [6.45, 7) is 1.96. The Morgan fingerprint density at radius 2 is 1.96 bits per heavy atom. The van der Waals surface area contributed by atoms with Gasteiger partial charge in [-0.15, -0.1) is 0 Å². The summed E-state index contributed by atoms with van der Waals surface area (Å²) < 4.78 is 10.8. The van der Waals surface area contributed by atoms with Gasteiger partial charge in [-0.05, 0) is 65.7 Å². The number of ether oxygens (including phenoxy) is 2. The molecule has 0 bridgehead atoms. The molecule has 0 heterocycles. The first-order valence-corrected chi connectivity index (χ1v) is 8.59. The summed E-state index contributed by atoms with van der Waals surface area (Å²) in [5.74, 6) is 0.479. The molecule has 0 aliphatic heterocycles. The van der Waals surface area contributed by atoms with Crippen LogP contribution in [0.5, 0.6) is 5.75 Å². The van der Waals surface area contributed by atoms with E-state index in [1.165, 1.54) is 7.11 Å². The minimum atomic E-state index is -0.553. The highest BCUT2D eigenvalue weighted by Crippen LogP contribution is 2.24. The van der Waals surface area contributed by atoms with Crippen LogP contribution < -0.4 is 10.1 Å². The third kappa shape index (κ3) is 5.23. The van der Waals surface area contributed by atoms with Crippen molar-refractivity contribution in [3.8, 4) is 5.75 Å². The number of hydrogen-bond donors (Lipinski definition) is 1. The van der Waals surface area contributed by atoms with Crippen molar-refractivity contribution in [2.75, 3.05) is 13.7 Å². The van der Waals surface area contributed by atoms with E-state index in [9.17, 15) is 9.59 Å². The van der Waals surface area contributed by atoms with Crippen LogP contribution in [0.25, 0.3) is 0 Å². The van der Waals surface area contributed by atoms with Gasteiger partial charge < -0.3 is 14.8 Å². The van der Waals surface area contributed by atoms with Gasteiger partial charge >= 0.3 is 5.97 Å². The van der Waals surface area contributed by atoms with E-state index >= 15 is 0 Å². The number of nitrogens with one attached hydrogen (secondary N) is 1. The predicted octanol–water partition coefficient (Wildman–Crippen LogP) is 3.31. The lowest BCUT2D eigenvalue weighted by atomic mass is 9.87. The highest BCUT2D eigenvalue weighted by atomic mass is 79.9. The normalized spacial score (nSPS) is 20.7. The molecule has 2 rings (SSSR count). The molecule has 1 amide bonds. The predicted molar refractivity (Wildman–Crippen MR) is 90.5 cm³/mol. The average Bonchev–Trinajstić information content (AvgIpc) is 2.55. The number of benzene rings is 1. The van der Waals surface area contributed by atoms with Crippen molar-refractivity contribution >= 4 is 27.8 Å². The molecule has 0 unspecified atom stereocenters. The number of esters is 1. The summed E-state index contributed by atoms with van der Waals surface area (Å²) in [6.07, 6.45) is 4.23. The first-order chi connectivity index (χ1) is 11.0. The minimum Gasteiger partial charge on any atom is -0.497 e. The Bertz CT molecular complexity index is 568. The highest BCUT2D eigenvalue weighted by molar-refractivity contribution is 9.10. The van der Waals surface area contributed by atoms with E-state index in [2.05, 4.69) is 28.2 Å². The van der Waals surface area contributed by atoms with Gasteiger partial charge in [0.05, 0.1) is 12.7 Å². The van der Waals surface area contributed by atoms with Gasteiger partial charge in [-0.25, -0.2) is 4.79 Å². The number of carbonyl (C=O) groups excluding carboxylic acids is 2. The second-order valence-electron chi connectivity index (χ2n) is 5.95. The molecule has 23 heavy (non-hydrogen) atoms. The van der Waals surface area contributed by atoms with E-state index < -0.39 is 5.97 Å². The second kappa shape index (κ2) is 8.34. The smallest absolute Gasteiger partial charge is 0.339 e. The average molecular weight is 384 g/mol. The molecular weight excluding hydrogens is 362 g/mol. The fourth-order valence-corrected chi connectivity index (χ4v) is 3.08. The maximum absolute atomic E-state index is 12.1. The summed E-state index contributed by atoms with van der Waals surface area (Å²) in [6, 6.07) is 5.21. The Kier molecular flexibility index (Phi) is 6.45. The Morgan fingerprint density at radius 3 is 2.61 bits per heavy atom. The molecule has 0 spiro atoms. The zero-order chi connectivity index (χ0) is 16.8. The van der Waals surface area contributed by atoms with Crippen molar-refractivity contribution in [1.82, 2.24) is 5.32 Å². The molecule has 0 aromatic heterocycles. The molecule has 126 valence electrons. The molecule has 6 heteroatoms. The molecule has 5 nitrogen and oxygen atoms in total. The molecule has 0 atom stereocenters. The number of hydrogen-bond acceptors (Lipinski definition) is 4. The fraction of sp³-hybridized carbons (Fsp3) is 0.529. The van der Waals surface area contributed by atoms with Crippen molar-refractivity contribution in [2.45, 2.75) is 38.6 Å². The summed E-state index contributed by atoms with van der Waals surface area (Å²) in [5.41, 5.74) is 0.337. The van der Waals surface area contributed by atoms with E-state index in [4.69, 9.17) is 9.47 Å². The van der Waals surface area contributed by atoms with Crippen LogP contribution >= 0.6 is 15.9 Å². The Labute approximate surface area is 144 Å². The maximum Gasteiger partial charge on any atom is 0.339 e. The molecule has 0 saturated heterocycles. The molecule has 1 aromatic carbocycles. The fourth-order valence-electron chi connectivity index (χ4n) is 2.67. The van der Waals surface area contributed by atoms with Gasteiger partial charge in [-0.1, -0.05) is 6.92 Å². The van der Waals surface area contributed by atoms with Crippen molar-refractivity contribution in [3.05, 3.63) is 28.2 Å². The molecule has 1 aliphatic rings. The zero-order valence-electron chi connectivity index (χ0n) is 13.4. The van der Waals surface area contributed by atoms with Crippen LogP contribution in [0.15, 0.2) is 22.7 Å². The molecule has 1 fully saturated rings. The van der Waals surface area contributed by atoms with Crippen LogP contribution in [0, 0.1) is 5.92 Å². The van der Waals surface area contributed by atoms with Crippen molar-refractivity contribution in [2.24, 2.45) is 5.92 Å². The van der Waals surface area contributed by atoms with Crippen LogP contribution in [-0.4, -0.2) is 31.6 Å². The second-order valence-corrected chi connectivity index (χ2v) is 6.80. The number of amides is 1. The van der Waals surface area contributed by atoms with Gasteiger partial charge in [-0.3, -0.25) is 4.79 Å². The van der Waals surface area contributed by atoms with Crippen LogP contribution in [-0.2, 0) is 9.53 Å². The summed E-state index contributed by atoms with van der Waals surface area (Å²) in [5, 5.41) is 2.93. The third-order valence-electron chi connectivity index (χ3n) is 4.11. The summed E-state index contributed by atoms with van der Waals surface area (Å²) in [7, 11) is 1.52. The number of methoxy groups -OCH3 is 1. The van der Waals surface area contributed by atoms with Gasteiger partial charge in [0.15, 0.2) is 6.61 Å². The maximum atomic E-state index is 12.1. The van der Waals surface area contributed by atoms with E-state index in [0.29, 0.717) is 15.8 Å². The van der Waals surface area contributed by atoms with E-state index in [-0.39, 0.29) is 18.6 Å². The van der Waals surface area contributed by atoms with Crippen molar-refractivity contribution in [1.29, 1.82) is 0 Å². The standard InChI is InChI=1S/C17H22BrNO4/c1-11-3-5-12(6-4-11)19-16(20)10-23-17(21)14-9-13(22-2)7-8-15(14)18/h7-9,11-12H,3-6,10H2,1-2H3,(H,19,20).